The van der Waals surface area contributed by atoms with Crippen molar-refractivity contribution in [1.29, 1.82) is 0 Å². The summed E-state index contributed by atoms with van der Waals surface area (Å²) in [5.41, 5.74) is 6.66. The lowest BCUT2D eigenvalue weighted by atomic mass is 9.71. The molecule has 1 fully saturated rings. The van der Waals surface area contributed by atoms with Gasteiger partial charge in [-0.05, 0) is 79.3 Å². The van der Waals surface area contributed by atoms with Gasteiger partial charge in [0.05, 0.1) is 5.54 Å². The molecule has 1 aliphatic carbocycles. The molecule has 2 aromatic carbocycles. The number of anilines is 1. The molecule has 2 N–H and O–H groups in total. The molecule has 1 saturated carbocycles. The topological polar surface area (TPSA) is 86.7 Å². The van der Waals surface area contributed by atoms with Crippen molar-refractivity contribution in [1.82, 2.24) is 19.7 Å². The van der Waals surface area contributed by atoms with Gasteiger partial charge in [0.2, 0.25) is 5.91 Å². The van der Waals surface area contributed by atoms with Crippen LogP contribution in [0, 0.1) is 6.92 Å². The van der Waals surface area contributed by atoms with Crippen molar-refractivity contribution in [2.75, 3.05) is 26.0 Å². The maximum atomic E-state index is 13.2. The van der Waals surface area contributed by atoms with Gasteiger partial charge in [0, 0.05) is 64.1 Å². The number of aryl methyl sites for hydroxylation is 1. The smallest absolute Gasteiger partial charge is 0.268 e. The van der Waals surface area contributed by atoms with E-state index in [2.05, 4.69) is 39.2 Å². The molecule has 1 aromatic heterocycles. The van der Waals surface area contributed by atoms with Crippen molar-refractivity contribution in [3.05, 3.63) is 88.2 Å². The molecule has 0 radical (unpaired) electrons. The van der Waals surface area contributed by atoms with Crippen molar-refractivity contribution in [3.63, 3.8) is 0 Å². The number of hydrogen-bond donors (Lipinski definition) is 2. The first-order chi connectivity index (χ1) is 18.7. The Morgan fingerprint density at radius 2 is 1.72 bits per heavy atom. The Morgan fingerprint density at radius 1 is 0.974 bits per heavy atom. The van der Waals surface area contributed by atoms with Gasteiger partial charge < -0.3 is 20.1 Å². The molecule has 3 aromatic rings. The molecule has 8 nitrogen and oxygen atoms in total. The van der Waals surface area contributed by atoms with Crippen molar-refractivity contribution >= 4 is 23.4 Å². The van der Waals surface area contributed by atoms with Crippen LogP contribution in [0.2, 0.25) is 0 Å². The lowest BCUT2D eigenvalue weighted by Crippen LogP contribution is -2.56. The van der Waals surface area contributed by atoms with Crippen LogP contribution >= 0.6 is 0 Å². The molecule has 2 heterocycles. The molecular formula is C31H37N5O3. The van der Waals surface area contributed by atoms with Gasteiger partial charge in [-0.1, -0.05) is 18.2 Å². The number of nitrogens with zero attached hydrogens (tertiary/aromatic N) is 3. The minimum atomic E-state index is -0.110. The van der Waals surface area contributed by atoms with Crippen molar-refractivity contribution < 1.29 is 14.4 Å². The standard InChI is InChI=1S/C31H37N5O3/c1-21-18-24(30(39)34(3)4)8-9-25(21)20-35-16-17-36-27(12-13-28(36)31(35)14-5-15-31)29(38)32-19-23-6-10-26(11-7-23)33-22(2)37/h6-13,18H,5,14-17,19-20H2,1-4H3,(H,32,38)(H,33,37). The number of rotatable bonds is 7. The summed E-state index contributed by atoms with van der Waals surface area (Å²) in [6, 6.07) is 17.6. The second-order valence-corrected chi connectivity index (χ2v) is 11.0. The SMILES string of the molecule is CC(=O)Nc1ccc(CNC(=O)c2ccc3n2CCN(Cc2ccc(C(=O)N(C)C)cc2C)C32CCC2)cc1. The number of aromatic nitrogens is 1. The number of carbonyl (C=O) groups excluding carboxylic acids is 3. The highest BCUT2D eigenvalue weighted by molar-refractivity contribution is 5.94. The van der Waals surface area contributed by atoms with Gasteiger partial charge in [-0.2, -0.15) is 0 Å². The fourth-order valence-electron chi connectivity index (χ4n) is 5.88. The minimum absolute atomic E-state index is 0.0173. The molecule has 39 heavy (non-hydrogen) atoms. The van der Waals surface area contributed by atoms with Crippen LogP contribution in [-0.4, -0.2) is 52.7 Å². The molecule has 8 heteroatoms. The predicted molar refractivity (Wildman–Crippen MR) is 151 cm³/mol. The van der Waals surface area contributed by atoms with Crippen molar-refractivity contribution in [2.24, 2.45) is 0 Å². The third kappa shape index (κ3) is 5.21. The van der Waals surface area contributed by atoms with Crippen LogP contribution in [0.4, 0.5) is 5.69 Å². The molecular weight excluding hydrogens is 490 g/mol. The maximum Gasteiger partial charge on any atom is 0.268 e. The normalized spacial score (nSPS) is 15.8. The van der Waals surface area contributed by atoms with Gasteiger partial charge in [-0.3, -0.25) is 19.3 Å². The van der Waals surface area contributed by atoms with Crippen LogP contribution in [0.1, 0.15) is 69.4 Å². The minimum Gasteiger partial charge on any atom is -0.347 e. The summed E-state index contributed by atoms with van der Waals surface area (Å²) < 4.78 is 2.20. The molecule has 0 unspecified atom stereocenters. The summed E-state index contributed by atoms with van der Waals surface area (Å²) in [4.78, 5) is 41.0. The van der Waals surface area contributed by atoms with E-state index in [-0.39, 0.29) is 23.3 Å². The summed E-state index contributed by atoms with van der Waals surface area (Å²) in [7, 11) is 3.55. The highest BCUT2D eigenvalue weighted by Crippen LogP contribution is 2.49. The summed E-state index contributed by atoms with van der Waals surface area (Å²) >= 11 is 0. The van der Waals surface area contributed by atoms with E-state index in [1.165, 1.54) is 24.6 Å². The number of amides is 3. The van der Waals surface area contributed by atoms with E-state index in [4.69, 9.17) is 0 Å². The van der Waals surface area contributed by atoms with Gasteiger partial charge in [0.1, 0.15) is 5.69 Å². The molecule has 3 amide bonds. The average Bonchev–Trinajstić information content (AvgIpc) is 3.32. The second kappa shape index (κ2) is 10.7. The van der Waals surface area contributed by atoms with Crippen molar-refractivity contribution in [3.8, 4) is 0 Å². The van der Waals surface area contributed by atoms with Crippen LogP contribution in [-0.2, 0) is 30.0 Å². The Hall–Kier alpha value is -3.91. The largest absolute Gasteiger partial charge is 0.347 e. The zero-order chi connectivity index (χ0) is 27.7. The number of carbonyl (C=O) groups is 3. The Morgan fingerprint density at radius 3 is 2.33 bits per heavy atom. The molecule has 0 saturated heterocycles. The quantitative estimate of drug-likeness (QED) is 0.480. The summed E-state index contributed by atoms with van der Waals surface area (Å²) in [6.45, 7) is 6.43. The molecule has 1 spiro atoms. The zero-order valence-electron chi connectivity index (χ0n) is 23.2. The highest BCUT2D eigenvalue weighted by Gasteiger charge is 2.48. The van der Waals surface area contributed by atoms with Crippen LogP contribution in [0.5, 0.6) is 0 Å². The number of benzene rings is 2. The van der Waals surface area contributed by atoms with E-state index >= 15 is 0 Å². The Balaban J connectivity index is 1.29. The van der Waals surface area contributed by atoms with Crippen LogP contribution in [0.15, 0.2) is 54.6 Å². The first-order valence-corrected chi connectivity index (χ1v) is 13.6. The Labute approximate surface area is 230 Å². The van der Waals surface area contributed by atoms with Crippen molar-refractivity contribution in [2.45, 2.75) is 58.3 Å². The van der Waals surface area contributed by atoms with Gasteiger partial charge in [0.15, 0.2) is 0 Å². The van der Waals surface area contributed by atoms with E-state index in [0.29, 0.717) is 17.8 Å². The maximum absolute atomic E-state index is 13.2. The van der Waals surface area contributed by atoms with E-state index in [0.717, 1.165) is 49.3 Å². The molecule has 5 rings (SSSR count). The van der Waals surface area contributed by atoms with Gasteiger partial charge in [-0.25, -0.2) is 0 Å². The summed E-state index contributed by atoms with van der Waals surface area (Å²) in [5, 5.41) is 5.82. The van der Waals surface area contributed by atoms with E-state index in [1.54, 1.807) is 19.0 Å². The number of hydrogen-bond acceptors (Lipinski definition) is 4. The zero-order valence-corrected chi connectivity index (χ0v) is 23.2. The fourth-order valence-corrected chi connectivity index (χ4v) is 5.88. The Bertz CT molecular complexity index is 1400. The average molecular weight is 528 g/mol. The lowest BCUT2D eigenvalue weighted by molar-refractivity contribution is -0.114. The molecule has 204 valence electrons. The highest BCUT2D eigenvalue weighted by atomic mass is 16.2. The lowest BCUT2D eigenvalue weighted by Gasteiger charge is -2.54. The number of nitrogens with one attached hydrogen (secondary N) is 2. The summed E-state index contributed by atoms with van der Waals surface area (Å²) in [5.74, 6) is -0.169. The van der Waals surface area contributed by atoms with Gasteiger partial charge in [0.25, 0.3) is 11.8 Å². The fraction of sp³-hybridized carbons (Fsp3) is 0.387. The summed E-state index contributed by atoms with van der Waals surface area (Å²) in [6.07, 6.45) is 3.33. The van der Waals surface area contributed by atoms with Crippen LogP contribution in [0.3, 0.4) is 0 Å². The van der Waals surface area contributed by atoms with E-state index in [1.807, 2.05) is 42.5 Å². The molecule has 0 bridgehead atoms. The van der Waals surface area contributed by atoms with Gasteiger partial charge in [-0.15, -0.1) is 0 Å². The van der Waals surface area contributed by atoms with E-state index < -0.39 is 0 Å². The van der Waals surface area contributed by atoms with Crippen LogP contribution < -0.4 is 10.6 Å². The third-order valence-corrected chi connectivity index (χ3v) is 8.15. The predicted octanol–water partition coefficient (Wildman–Crippen LogP) is 4.28. The molecule has 2 aliphatic rings. The first kappa shape index (κ1) is 26.7. The second-order valence-electron chi connectivity index (χ2n) is 11.0. The van der Waals surface area contributed by atoms with E-state index in [9.17, 15) is 14.4 Å². The van der Waals surface area contributed by atoms with Crippen LogP contribution in [0.25, 0.3) is 0 Å². The third-order valence-electron chi connectivity index (χ3n) is 8.15. The monoisotopic (exact) mass is 527 g/mol. The Kier molecular flexibility index (Phi) is 7.32. The molecule has 0 atom stereocenters. The number of fused-ring (bicyclic) bond motifs is 2. The molecule has 1 aliphatic heterocycles. The van der Waals surface area contributed by atoms with Gasteiger partial charge >= 0.3 is 0 Å². The first-order valence-electron chi connectivity index (χ1n) is 13.6.